The first-order valence-electron chi connectivity index (χ1n) is 7.00. The van der Waals surface area contributed by atoms with Gasteiger partial charge in [0.2, 0.25) is 0 Å². The maximum atomic E-state index is 12.5. The molecule has 0 aliphatic rings. The van der Waals surface area contributed by atoms with Crippen molar-refractivity contribution in [3.63, 3.8) is 0 Å². The lowest BCUT2D eigenvalue weighted by Crippen LogP contribution is -2.45. The lowest BCUT2D eigenvalue weighted by molar-refractivity contribution is 0.0918. The Morgan fingerprint density at radius 2 is 2.05 bits per heavy atom. The predicted molar refractivity (Wildman–Crippen MR) is 82.9 cm³/mol. The highest BCUT2D eigenvalue weighted by Crippen LogP contribution is 2.17. The number of aromatic amines is 1. The zero-order valence-electron chi connectivity index (χ0n) is 12.6. The van der Waals surface area contributed by atoms with Crippen molar-refractivity contribution >= 4 is 16.8 Å². The maximum Gasteiger partial charge on any atom is 0.253 e. The van der Waals surface area contributed by atoms with E-state index >= 15 is 0 Å². The van der Waals surface area contributed by atoms with Crippen LogP contribution in [0.4, 0.5) is 0 Å². The number of H-pyrrole nitrogens is 1. The zero-order valence-corrected chi connectivity index (χ0v) is 12.6. The molecule has 0 spiro atoms. The first kappa shape index (κ1) is 14.6. The number of hydrogen-bond donors (Lipinski definition) is 2. The van der Waals surface area contributed by atoms with E-state index in [1.165, 1.54) is 0 Å². The van der Waals surface area contributed by atoms with Gasteiger partial charge in [-0.1, -0.05) is 26.0 Å². The minimum absolute atomic E-state index is 0.0152. The molecular formula is C16H23N3O. The summed E-state index contributed by atoms with van der Waals surface area (Å²) >= 11 is 0. The highest BCUT2D eigenvalue weighted by Gasteiger charge is 2.19. The Bertz CT molecular complexity index is 586. The number of amides is 1. The van der Waals surface area contributed by atoms with Crippen LogP contribution in [0.15, 0.2) is 30.5 Å². The molecule has 2 N–H and O–H groups in total. The largest absolute Gasteiger partial charge is 0.361 e. The van der Waals surface area contributed by atoms with E-state index in [1.807, 2.05) is 44.6 Å². The van der Waals surface area contributed by atoms with Crippen LogP contribution in [0.1, 0.15) is 24.2 Å². The first-order chi connectivity index (χ1) is 9.49. The fraction of sp³-hybridized carbons (Fsp3) is 0.438. The average molecular weight is 273 g/mol. The minimum atomic E-state index is -0.0152. The lowest BCUT2D eigenvalue weighted by Gasteiger charge is -2.25. The molecule has 0 aliphatic heterocycles. The van der Waals surface area contributed by atoms with Gasteiger partial charge < -0.3 is 15.2 Å². The van der Waals surface area contributed by atoms with E-state index in [2.05, 4.69) is 29.0 Å². The number of carbonyl (C=O) groups excluding carboxylic acids is 1. The molecular weight excluding hydrogens is 250 g/mol. The number of benzene rings is 1. The molecule has 0 aliphatic carbocycles. The van der Waals surface area contributed by atoms with Gasteiger partial charge in [0.1, 0.15) is 0 Å². The second-order valence-electron chi connectivity index (χ2n) is 5.83. The van der Waals surface area contributed by atoms with Crippen molar-refractivity contribution in [3.05, 3.63) is 36.0 Å². The Hall–Kier alpha value is -1.81. The van der Waals surface area contributed by atoms with Crippen molar-refractivity contribution in [2.45, 2.75) is 19.9 Å². The van der Waals surface area contributed by atoms with E-state index in [0.717, 1.165) is 17.4 Å². The summed E-state index contributed by atoms with van der Waals surface area (Å²) in [6.45, 7) is 5.09. The van der Waals surface area contributed by atoms with E-state index in [9.17, 15) is 4.79 Å². The topological polar surface area (TPSA) is 48.1 Å². The monoisotopic (exact) mass is 273 g/mol. The molecule has 4 nitrogen and oxygen atoms in total. The number of carbonyl (C=O) groups is 1. The highest BCUT2D eigenvalue weighted by molar-refractivity contribution is 6.05. The van der Waals surface area contributed by atoms with Crippen molar-refractivity contribution in [3.8, 4) is 0 Å². The Balaban J connectivity index is 2.20. The Labute approximate surface area is 120 Å². The maximum absolute atomic E-state index is 12.5. The molecule has 1 heterocycles. The third-order valence-electron chi connectivity index (χ3n) is 3.51. The first-order valence-corrected chi connectivity index (χ1v) is 7.00. The van der Waals surface area contributed by atoms with Crippen molar-refractivity contribution < 1.29 is 4.79 Å². The number of para-hydroxylation sites is 1. The molecule has 20 heavy (non-hydrogen) atoms. The van der Waals surface area contributed by atoms with Gasteiger partial charge in [-0.15, -0.1) is 0 Å². The molecule has 0 bridgehead atoms. The number of hydrogen-bond acceptors (Lipinski definition) is 2. The van der Waals surface area contributed by atoms with Gasteiger partial charge in [0.15, 0.2) is 0 Å². The number of nitrogens with one attached hydrogen (secondary N) is 2. The molecule has 1 amide bonds. The van der Waals surface area contributed by atoms with Gasteiger partial charge in [0.25, 0.3) is 5.91 Å². The molecule has 1 aromatic heterocycles. The Morgan fingerprint density at radius 3 is 2.70 bits per heavy atom. The van der Waals surface area contributed by atoms with Crippen LogP contribution >= 0.6 is 0 Å². The second-order valence-corrected chi connectivity index (χ2v) is 5.83. The summed E-state index contributed by atoms with van der Waals surface area (Å²) in [6, 6.07) is 7.90. The number of nitrogens with zero attached hydrogens (tertiary/aromatic N) is 1. The SMILES string of the molecule is CC(C)C(CN(C)C)NC(=O)c1cccc2cc[nH]c12. The summed E-state index contributed by atoms with van der Waals surface area (Å²) in [5.41, 5.74) is 1.61. The molecule has 1 aromatic carbocycles. The van der Waals surface area contributed by atoms with Gasteiger partial charge in [-0.25, -0.2) is 0 Å². The van der Waals surface area contributed by atoms with Crippen LogP contribution in [-0.4, -0.2) is 42.5 Å². The van der Waals surface area contributed by atoms with E-state index in [-0.39, 0.29) is 11.9 Å². The fourth-order valence-electron chi connectivity index (χ4n) is 2.34. The van der Waals surface area contributed by atoms with Crippen LogP contribution in [0.3, 0.4) is 0 Å². The molecule has 0 fully saturated rings. The summed E-state index contributed by atoms with van der Waals surface area (Å²) in [6.07, 6.45) is 1.86. The van der Waals surface area contributed by atoms with Crippen molar-refractivity contribution in [2.75, 3.05) is 20.6 Å². The molecule has 4 heteroatoms. The van der Waals surface area contributed by atoms with E-state index in [1.54, 1.807) is 0 Å². The van der Waals surface area contributed by atoms with Crippen molar-refractivity contribution in [2.24, 2.45) is 5.92 Å². The third kappa shape index (κ3) is 3.20. The normalized spacial score (nSPS) is 13.1. The van der Waals surface area contributed by atoms with Gasteiger partial charge in [0, 0.05) is 24.2 Å². The molecule has 0 radical (unpaired) electrons. The summed E-state index contributed by atoms with van der Waals surface area (Å²) in [5, 5.41) is 4.21. The number of likely N-dealkylation sites (N-methyl/N-ethyl adjacent to an activating group) is 1. The second kappa shape index (κ2) is 6.09. The van der Waals surface area contributed by atoms with Gasteiger partial charge in [0.05, 0.1) is 11.1 Å². The molecule has 1 atom stereocenters. The van der Waals surface area contributed by atoms with Crippen LogP contribution in [-0.2, 0) is 0 Å². The number of aromatic nitrogens is 1. The highest BCUT2D eigenvalue weighted by atomic mass is 16.1. The Morgan fingerprint density at radius 1 is 1.30 bits per heavy atom. The third-order valence-corrected chi connectivity index (χ3v) is 3.51. The van der Waals surface area contributed by atoms with Crippen LogP contribution in [0.2, 0.25) is 0 Å². The summed E-state index contributed by atoms with van der Waals surface area (Å²) in [4.78, 5) is 17.7. The van der Waals surface area contributed by atoms with Crippen LogP contribution in [0.5, 0.6) is 0 Å². The quantitative estimate of drug-likeness (QED) is 0.879. The molecule has 108 valence electrons. The summed E-state index contributed by atoms with van der Waals surface area (Å²) < 4.78 is 0. The van der Waals surface area contributed by atoms with Crippen LogP contribution in [0, 0.1) is 5.92 Å². The fourth-order valence-corrected chi connectivity index (χ4v) is 2.34. The molecule has 0 saturated heterocycles. The van der Waals surface area contributed by atoms with Gasteiger partial charge in [-0.3, -0.25) is 4.79 Å². The standard InChI is InChI=1S/C16H23N3O/c1-11(2)14(10-19(3)4)18-16(20)13-7-5-6-12-8-9-17-15(12)13/h5-9,11,14,17H,10H2,1-4H3,(H,18,20). The predicted octanol–water partition coefficient (Wildman–Crippen LogP) is 2.48. The summed E-state index contributed by atoms with van der Waals surface area (Å²) in [5.74, 6) is 0.378. The number of rotatable bonds is 5. The average Bonchev–Trinajstić information content (AvgIpc) is 2.84. The molecule has 2 aromatic rings. The smallest absolute Gasteiger partial charge is 0.253 e. The zero-order chi connectivity index (χ0) is 14.7. The molecule has 1 unspecified atom stereocenters. The van der Waals surface area contributed by atoms with Gasteiger partial charge >= 0.3 is 0 Å². The van der Waals surface area contributed by atoms with Gasteiger partial charge in [-0.05, 0) is 32.1 Å². The molecule has 2 rings (SSSR count). The van der Waals surface area contributed by atoms with Crippen LogP contribution in [0.25, 0.3) is 10.9 Å². The van der Waals surface area contributed by atoms with E-state index < -0.39 is 0 Å². The minimum Gasteiger partial charge on any atom is -0.361 e. The van der Waals surface area contributed by atoms with E-state index in [4.69, 9.17) is 0 Å². The van der Waals surface area contributed by atoms with Gasteiger partial charge in [-0.2, -0.15) is 0 Å². The summed E-state index contributed by atoms with van der Waals surface area (Å²) in [7, 11) is 4.04. The number of fused-ring (bicyclic) bond motifs is 1. The lowest BCUT2D eigenvalue weighted by atomic mass is 10.0. The van der Waals surface area contributed by atoms with Crippen LogP contribution < -0.4 is 5.32 Å². The van der Waals surface area contributed by atoms with Crippen molar-refractivity contribution in [1.82, 2.24) is 15.2 Å². The Kier molecular flexibility index (Phi) is 4.45. The van der Waals surface area contributed by atoms with E-state index in [0.29, 0.717) is 11.5 Å². The molecule has 0 saturated carbocycles. The van der Waals surface area contributed by atoms with Crippen molar-refractivity contribution in [1.29, 1.82) is 0 Å².